The number of nitrogens with one attached hydrogen (secondary N) is 1. The minimum Gasteiger partial charge on any atom is -0.497 e. The topological polar surface area (TPSA) is 56.1 Å². The SMILES string of the molecule is COc1ccc2c(ccn2CC(=O)Nc2ccc(Br)cn2)c1. The van der Waals surface area contributed by atoms with Gasteiger partial charge in [0, 0.05) is 27.8 Å². The number of hydrogen-bond donors (Lipinski definition) is 1. The number of benzene rings is 1. The Morgan fingerprint density at radius 3 is 2.91 bits per heavy atom. The summed E-state index contributed by atoms with van der Waals surface area (Å²) in [6.07, 6.45) is 3.53. The van der Waals surface area contributed by atoms with E-state index in [2.05, 4.69) is 26.2 Å². The van der Waals surface area contributed by atoms with Crippen LogP contribution in [0.2, 0.25) is 0 Å². The molecule has 0 saturated heterocycles. The van der Waals surface area contributed by atoms with E-state index in [9.17, 15) is 4.79 Å². The molecule has 0 aliphatic heterocycles. The highest BCUT2D eigenvalue weighted by atomic mass is 79.9. The first-order valence-corrected chi connectivity index (χ1v) is 7.49. The van der Waals surface area contributed by atoms with Crippen LogP contribution < -0.4 is 10.1 Å². The molecule has 0 aliphatic rings. The second kappa shape index (κ2) is 6.19. The van der Waals surface area contributed by atoms with Gasteiger partial charge in [0.15, 0.2) is 0 Å². The average Bonchev–Trinajstić information content (AvgIpc) is 2.91. The molecule has 22 heavy (non-hydrogen) atoms. The first kappa shape index (κ1) is 14.6. The van der Waals surface area contributed by atoms with Gasteiger partial charge in [0.25, 0.3) is 0 Å². The molecule has 5 nitrogen and oxygen atoms in total. The normalized spacial score (nSPS) is 10.6. The number of nitrogens with zero attached hydrogens (tertiary/aromatic N) is 2. The summed E-state index contributed by atoms with van der Waals surface area (Å²) in [4.78, 5) is 16.3. The van der Waals surface area contributed by atoms with Crippen LogP contribution in [-0.2, 0) is 11.3 Å². The number of pyridine rings is 1. The summed E-state index contributed by atoms with van der Waals surface area (Å²) in [6, 6.07) is 11.3. The van der Waals surface area contributed by atoms with E-state index in [0.29, 0.717) is 5.82 Å². The van der Waals surface area contributed by atoms with Gasteiger partial charge in [0.2, 0.25) is 5.91 Å². The Morgan fingerprint density at radius 1 is 1.32 bits per heavy atom. The molecule has 0 unspecified atom stereocenters. The molecule has 3 rings (SSSR count). The van der Waals surface area contributed by atoms with Crippen LogP contribution in [0.1, 0.15) is 0 Å². The summed E-state index contributed by atoms with van der Waals surface area (Å²) in [5, 5.41) is 3.81. The number of aromatic nitrogens is 2. The van der Waals surface area contributed by atoms with Crippen LogP contribution in [0.15, 0.2) is 53.3 Å². The van der Waals surface area contributed by atoms with Crippen LogP contribution in [0.25, 0.3) is 10.9 Å². The second-order valence-corrected chi connectivity index (χ2v) is 5.69. The number of halogens is 1. The van der Waals surface area contributed by atoms with E-state index in [1.165, 1.54) is 0 Å². The second-order valence-electron chi connectivity index (χ2n) is 4.78. The molecule has 6 heteroatoms. The van der Waals surface area contributed by atoms with E-state index in [-0.39, 0.29) is 12.5 Å². The Hall–Kier alpha value is -2.34. The number of hydrogen-bond acceptors (Lipinski definition) is 3. The number of amides is 1. The summed E-state index contributed by atoms with van der Waals surface area (Å²) in [5.74, 6) is 1.21. The number of fused-ring (bicyclic) bond motifs is 1. The third kappa shape index (κ3) is 3.12. The third-order valence-electron chi connectivity index (χ3n) is 3.29. The van der Waals surface area contributed by atoms with Gasteiger partial charge >= 0.3 is 0 Å². The third-order valence-corrected chi connectivity index (χ3v) is 3.76. The maximum absolute atomic E-state index is 12.1. The number of ether oxygens (including phenoxy) is 1. The zero-order valence-electron chi connectivity index (χ0n) is 11.9. The Kier molecular flexibility index (Phi) is 4.11. The number of anilines is 1. The van der Waals surface area contributed by atoms with E-state index in [1.807, 2.05) is 41.1 Å². The minimum atomic E-state index is -0.122. The van der Waals surface area contributed by atoms with Gasteiger partial charge in [-0.05, 0) is 52.3 Å². The Labute approximate surface area is 136 Å². The van der Waals surface area contributed by atoms with Crippen LogP contribution in [0, 0.1) is 0 Å². The van der Waals surface area contributed by atoms with Crippen molar-refractivity contribution in [1.29, 1.82) is 0 Å². The summed E-state index contributed by atoms with van der Waals surface area (Å²) in [5.41, 5.74) is 0.986. The van der Waals surface area contributed by atoms with Crippen molar-refractivity contribution in [3.05, 3.63) is 53.3 Å². The van der Waals surface area contributed by atoms with Gasteiger partial charge in [0.05, 0.1) is 7.11 Å². The Bertz CT molecular complexity index is 812. The molecule has 0 fully saturated rings. The number of rotatable bonds is 4. The highest BCUT2D eigenvalue weighted by molar-refractivity contribution is 9.10. The molecule has 0 saturated carbocycles. The van der Waals surface area contributed by atoms with E-state index in [4.69, 9.17) is 4.74 Å². The molecule has 0 atom stereocenters. The van der Waals surface area contributed by atoms with Crippen molar-refractivity contribution in [2.24, 2.45) is 0 Å². The van der Waals surface area contributed by atoms with Crippen molar-refractivity contribution in [3.63, 3.8) is 0 Å². The maximum atomic E-state index is 12.1. The van der Waals surface area contributed by atoms with Crippen molar-refractivity contribution in [1.82, 2.24) is 9.55 Å². The van der Waals surface area contributed by atoms with E-state index in [1.54, 1.807) is 19.4 Å². The van der Waals surface area contributed by atoms with Crippen molar-refractivity contribution in [3.8, 4) is 5.75 Å². The molecule has 2 aromatic heterocycles. The van der Waals surface area contributed by atoms with Crippen molar-refractivity contribution in [2.45, 2.75) is 6.54 Å². The predicted octanol–water partition coefficient (Wildman–Crippen LogP) is 3.45. The van der Waals surface area contributed by atoms with Gasteiger partial charge in [-0.1, -0.05) is 0 Å². The molecule has 3 aromatic rings. The average molecular weight is 360 g/mol. The van der Waals surface area contributed by atoms with E-state index in [0.717, 1.165) is 21.1 Å². The first-order valence-electron chi connectivity index (χ1n) is 6.70. The smallest absolute Gasteiger partial charge is 0.245 e. The summed E-state index contributed by atoms with van der Waals surface area (Å²) in [6.45, 7) is 0.230. The predicted molar refractivity (Wildman–Crippen MR) is 89.1 cm³/mol. The minimum absolute atomic E-state index is 0.122. The van der Waals surface area contributed by atoms with Gasteiger partial charge in [-0.2, -0.15) is 0 Å². The molecule has 0 aliphatic carbocycles. The number of carbonyl (C=O) groups excluding carboxylic acids is 1. The fraction of sp³-hybridized carbons (Fsp3) is 0.125. The van der Waals surface area contributed by atoms with Crippen LogP contribution in [0.4, 0.5) is 5.82 Å². The lowest BCUT2D eigenvalue weighted by Crippen LogP contribution is -2.18. The molecule has 1 N–H and O–H groups in total. The lowest BCUT2D eigenvalue weighted by molar-refractivity contribution is -0.116. The molecule has 0 spiro atoms. The monoisotopic (exact) mass is 359 g/mol. The largest absolute Gasteiger partial charge is 0.497 e. The fourth-order valence-corrected chi connectivity index (χ4v) is 2.46. The van der Waals surface area contributed by atoms with Gasteiger partial charge in [-0.25, -0.2) is 4.98 Å². The quantitative estimate of drug-likeness (QED) is 0.776. The molecular weight excluding hydrogens is 346 g/mol. The van der Waals surface area contributed by atoms with Crippen molar-refractivity contribution in [2.75, 3.05) is 12.4 Å². The highest BCUT2D eigenvalue weighted by Crippen LogP contribution is 2.21. The maximum Gasteiger partial charge on any atom is 0.245 e. The highest BCUT2D eigenvalue weighted by Gasteiger charge is 2.08. The first-order chi connectivity index (χ1) is 10.7. The molecule has 2 heterocycles. The summed E-state index contributed by atoms with van der Waals surface area (Å²) < 4.78 is 7.96. The zero-order chi connectivity index (χ0) is 15.5. The van der Waals surface area contributed by atoms with Gasteiger partial charge in [-0.3, -0.25) is 4.79 Å². The zero-order valence-corrected chi connectivity index (χ0v) is 13.5. The fourth-order valence-electron chi connectivity index (χ4n) is 2.23. The Morgan fingerprint density at radius 2 is 2.18 bits per heavy atom. The van der Waals surface area contributed by atoms with Crippen LogP contribution in [-0.4, -0.2) is 22.6 Å². The number of carbonyl (C=O) groups is 1. The van der Waals surface area contributed by atoms with Gasteiger partial charge in [0.1, 0.15) is 18.1 Å². The van der Waals surface area contributed by atoms with Crippen molar-refractivity contribution < 1.29 is 9.53 Å². The van der Waals surface area contributed by atoms with E-state index < -0.39 is 0 Å². The van der Waals surface area contributed by atoms with Crippen LogP contribution in [0.3, 0.4) is 0 Å². The number of methoxy groups -OCH3 is 1. The standard InChI is InChI=1S/C16H14BrN3O2/c1-22-13-3-4-14-11(8-13)6-7-20(14)10-16(21)19-15-5-2-12(17)9-18-15/h2-9H,10H2,1H3,(H,18,19,21). The summed E-state index contributed by atoms with van der Waals surface area (Å²) in [7, 11) is 1.64. The molecule has 112 valence electrons. The molecule has 1 aromatic carbocycles. The molecular formula is C16H14BrN3O2. The van der Waals surface area contributed by atoms with Crippen LogP contribution in [0.5, 0.6) is 5.75 Å². The summed E-state index contributed by atoms with van der Waals surface area (Å²) >= 11 is 3.31. The van der Waals surface area contributed by atoms with Crippen molar-refractivity contribution >= 4 is 38.6 Å². The Balaban J connectivity index is 1.75. The lowest BCUT2D eigenvalue weighted by Gasteiger charge is -2.07. The van der Waals surface area contributed by atoms with E-state index >= 15 is 0 Å². The molecule has 0 bridgehead atoms. The molecule has 0 radical (unpaired) electrons. The van der Waals surface area contributed by atoms with Gasteiger partial charge in [-0.15, -0.1) is 0 Å². The van der Waals surface area contributed by atoms with Crippen LogP contribution >= 0.6 is 15.9 Å². The molecule has 1 amide bonds. The lowest BCUT2D eigenvalue weighted by atomic mass is 10.2. The van der Waals surface area contributed by atoms with Gasteiger partial charge < -0.3 is 14.6 Å².